The number of rotatable bonds is 4. The first-order valence-electron chi connectivity index (χ1n) is 39.1. The van der Waals surface area contributed by atoms with Gasteiger partial charge in [0.2, 0.25) is 43.7 Å². The zero-order chi connectivity index (χ0) is 77.7. The maximum Gasteiger partial charge on any atom is 0.410 e. The molecule has 594 valence electrons. The molecule has 3 saturated heterocycles. The van der Waals surface area contributed by atoms with E-state index in [1.165, 1.54) is 20.9 Å². The van der Waals surface area contributed by atoms with Crippen molar-refractivity contribution in [2.24, 2.45) is 34.5 Å². The molecular formula is C78H112N10O18S2. The van der Waals surface area contributed by atoms with Gasteiger partial charge in [-0.2, -0.15) is 0 Å². The van der Waals surface area contributed by atoms with Gasteiger partial charge >= 0.3 is 24.4 Å². The van der Waals surface area contributed by atoms with Gasteiger partial charge in [0.1, 0.15) is 47.5 Å². The quantitative estimate of drug-likeness (QED) is 0.124. The lowest BCUT2D eigenvalue weighted by Gasteiger charge is -2.35. The summed E-state index contributed by atoms with van der Waals surface area (Å²) >= 11 is 0. The average Bonchev–Trinajstić information content (AvgIpc) is 1.58. The van der Waals surface area contributed by atoms with Crippen LogP contribution >= 0.6 is 0 Å². The van der Waals surface area contributed by atoms with Gasteiger partial charge < -0.3 is 50.0 Å². The maximum atomic E-state index is 14.5. The van der Waals surface area contributed by atoms with E-state index in [2.05, 4.69) is 42.8 Å². The number of benzene rings is 2. The minimum atomic E-state index is -3.94. The molecule has 30 heteroatoms. The zero-order valence-electron chi connectivity index (χ0n) is 64.0. The molecular weight excluding hydrogens is 1430 g/mol. The molecule has 2 aromatic carbocycles. The van der Waals surface area contributed by atoms with Crippen molar-refractivity contribution in [1.29, 1.82) is 0 Å². The molecule has 6 N–H and O–H groups in total. The molecule has 12 rings (SSSR count). The van der Waals surface area contributed by atoms with Gasteiger partial charge in [-0.25, -0.2) is 36.0 Å². The molecule has 108 heavy (non-hydrogen) atoms. The van der Waals surface area contributed by atoms with Gasteiger partial charge in [0.05, 0.1) is 37.8 Å². The summed E-state index contributed by atoms with van der Waals surface area (Å²) in [6.45, 7) is 16.4. The highest BCUT2D eigenvalue weighted by Crippen LogP contribution is 2.49. The van der Waals surface area contributed by atoms with Crippen LogP contribution in [0.3, 0.4) is 0 Å². The fourth-order valence-corrected chi connectivity index (χ4v) is 18.9. The Morgan fingerprint density at radius 1 is 0.519 bits per heavy atom. The van der Waals surface area contributed by atoms with Crippen LogP contribution in [0.4, 0.5) is 19.2 Å². The van der Waals surface area contributed by atoms with Crippen LogP contribution in [0.25, 0.3) is 0 Å². The second-order valence-electron chi connectivity index (χ2n) is 34.1. The number of cyclic esters (lactones) is 2. The van der Waals surface area contributed by atoms with E-state index in [-0.39, 0.29) is 81.2 Å². The first-order chi connectivity index (χ1) is 51.1. The highest BCUT2D eigenvalue weighted by molar-refractivity contribution is 7.90. The molecule has 10 amide bonds. The molecule has 0 aromatic heterocycles. The number of alkyl carbamates (subject to hydrolysis) is 2. The Kier molecular flexibility index (Phi) is 25.3. The molecule has 0 spiro atoms. The zero-order valence-corrected chi connectivity index (χ0v) is 65.6. The lowest BCUT2D eigenvalue weighted by atomic mass is 9.85. The number of fused-ring (bicyclic) bond motifs is 8. The fraction of sp³-hybridized carbons (Fsp3) is 0.692. The minimum absolute atomic E-state index is 0.0468. The first kappa shape index (κ1) is 81.0. The summed E-state index contributed by atoms with van der Waals surface area (Å²) in [5, 5.41) is 11.2. The van der Waals surface area contributed by atoms with Crippen molar-refractivity contribution in [1.82, 2.24) is 50.3 Å². The van der Waals surface area contributed by atoms with Gasteiger partial charge in [-0.15, -0.1) is 0 Å². The van der Waals surface area contributed by atoms with E-state index in [1.54, 1.807) is 51.3 Å². The third-order valence-corrected chi connectivity index (χ3v) is 25.8. The number of amides is 10. The van der Waals surface area contributed by atoms with E-state index < -0.39 is 144 Å². The fourth-order valence-electron chi connectivity index (χ4n) is 16.6. The molecule has 8 heterocycles. The average molecular weight is 1540 g/mol. The SMILES string of the molecule is C[C@H]1CCCCc2cccc3c2CN(C3)C(=O)O[C@@H]2C[C@@H](C(=O)N[C@]34C[C@H]3/C=C\CCCCCS(=O)(=O)NC4=O)N(C2)C(=O)[C@H](C(C)(C)C)NC(=O)OC1.C[C@H]1CCCCc2cccc3c2CN(C3)C(=O)O[C@@H]2C[C@@H](C(=O)N[C@]34C[C@H]3CCCCCCCS(=O)(=O)NC4=O)N(C2)C(=O)[C@H](C(C)(C)C)NC(=O)OC1. The number of carbonyl (C=O) groups excluding carboxylic acids is 10. The van der Waals surface area contributed by atoms with Gasteiger partial charge in [0.25, 0.3) is 11.8 Å². The molecule has 2 aromatic rings. The van der Waals surface area contributed by atoms with Crippen LogP contribution in [0.2, 0.25) is 0 Å². The summed E-state index contributed by atoms with van der Waals surface area (Å²) in [5.74, 6) is -4.99. The molecule has 8 bridgehead atoms. The number of aryl methyl sites for hydroxylation is 2. The third-order valence-electron chi connectivity index (χ3n) is 23.2. The summed E-state index contributed by atoms with van der Waals surface area (Å²) < 4.78 is 78.8. The van der Waals surface area contributed by atoms with Crippen molar-refractivity contribution in [2.45, 2.75) is 270 Å². The summed E-state index contributed by atoms with van der Waals surface area (Å²) in [4.78, 5) is 145. The highest BCUT2D eigenvalue weighted by Gasteiger charge is 2.64. The Hall–Kier alpha value is -8.02. The number of hydrogen-bond acceptors (Lipinski definition) is 18. The first-order valence-corrected chi connectivity index (χ1v) is 42.4. The maximum absolute atomic E-state index is 14.5. The van der Waals surface area contributed by atoms with Crippen LogP contribution < -0.4 is 30.7 Å². The topological polar surface area (TPSA) is 361 Å². The van der Waals surface area contributed by atoms with Crippen LogP contribution in [-0.4, -0.2) is 182 Å². The Morgan fingerprint density at radius 3 is 1.43 bits per heavy atom. The normalized spacial score (nSPS) is 31.5. The Labute approximate surface area is 635 Å². The van der Waals surface area contributed by atoms with Crippen molar-refractivity contribution in [3.8, 4) is 0 Å². The number of sulfonamides is 2. The monoisotopic (exact) mass is 1540 g/mol. The number of nitrogens with one attached hydrogen (secondary N) is 6. The van der Waals surface area contributed by atoms with Crippen molar-refractivity contribution in [2.75, 3.05) is 37.8 Å². The number of allylic oxidation sites excluding steroid dienone is 1. The molecule has 2 saturated carbocycles. The number of carbonyl (C=O) groups is 10. The van der Waals surface area contributed by atoms with Gasteiger partial charge in [0, 0.05) is 44.9 Å². The predicted octanol–water partition coefficient (Wildman–Crippen LogP) is 8.35. The van der Waals surface area contributed by atoms with E-state index in [0.29, 0.717) is 58.3 Å². The number of hydrogen-bond donors (Lipinski definition) is 6. The summed E-state index contributed by atoms with van der Waals surface area (Å²) in [5.41, 5.74) is 2.09. The Morgan fingerprint density at radius 2 is 0.944 bits per heavy atom. The predicted molar refractivity (Wildman–Crippen MR) is 398 cm³/mol. The van der Waals surface area contributed by atoms with E-state index in [0.717, 1.165) is 106 Å². The lowest BCUT2D eigenvalue weighted by molar-refractivity contribution is -0.143. The third kappa shape index (κ3) is 19.8. The van der Waals surface area contributed by atoms with Crippen LogP contribution in [0, 0.1) is 34.5 Å². The van der Waals surface area contributed by atoms with Gasteiger partial charge in [0.15, 0.2) is 0 Å². The lowest BCUT2D eigenvalue weighted by Crippen LogP contribution is -2.60. The second kappa shape index (κ2) is 33.7. The molecule has 10 aliphatic rings. The number of ether oxygens (including phenoxy) is 4. The molecule has 28 nitrogen and oxygen atoms in total. The van der Waals surface area contributed by atoms with E-state index in [1.807, 2.05) is 50.3 Å². The van der Waals surface area contributed by atoms with Crippen LogP contribution in [0.1, 0.15) is 217 Å². The second-order valence-corrected chi connectivity index (χ2v) is 37.8. The molecule has 0 unspecified atom stereocenters. The van der Waals surface area contributed by atoms with Gasteiger partial charge in [-0.05, 0) is 145 Å². The van der Waals surface area contributed by atoms with Crippen molar-refractivity contribution in [3.05, 3.63) is 81.9 Å². The van der Waals surface area contributed by atoms with Crippen LogP contribution in [0.5, 0.6) is 0 Å². The van der Waals surface area contributed by atoms with Gasteiger partial charge in [-0.1, -0.05) is 149 Å². The largest absolute Gasteiger partial charge is 0.449 e. The van der Waals surface area contributed by atoms with Crippen LogP contribution in [-0.2, 0) is 107 Å². The molecule has 12 atom stereocenters. The molecule has 5 fully saturated rings. The Bertz CT molecular complexity index is 4010. The van der Waals surface area contributed by atoms with E-state index >= 15 is 0 Å². The van der Waals surface area contributed by atoms with E-state index in [4.69, 9.17) is 18.9 Å². The Balaban J connectivity index is 0.000000215. The summed E-state index contributed by atoms with van der Waals surface area (Å²) in [6, 6.07) is 7.62. The van der Waals surface area contributed by atoms with Crippen molar-refractivity contribution >= 4 is 79.9 Å². The van der Waals surface area contributed by atoms with Crippen molar-refractivity contribution < 1.29 is 83.7 Å². The smallest absolute Gasteiger partial charge is 0.410 e. The number of nitrogens with zero attached hydrogens (tertiary/aromatic N) is 4. The standard InChI is InChI=1S/C39H57N5O9S.C39H55N5O9S/c2*1-25-13-9-10-14-26-15-12-16-27-21-43(23-30(26)27)37(49)53-29-19-31(44(22-29)34(46)32(38(2,3)4)40-36(48)52-24-25)33(45)41-39-20-28(39)17-8-6-5-7-11-18-54(50,51)42-35(39)47/h12,15-16,25,28-29,31-32H,5-11,13-14,17-24H2,1-4H3,(H,40,48)(H,41,45)(H,42,47);8,12,15-17,25,28-29,31-32H,5-7,9-11,13-14,18-24H2,1-4H3,(H,40,48)(H,41,45)(H,42,47)/b;17-8-/t2*25-,28+,29+,31-,32+,39+/m00/s1. The van der Waals surface area contributed by atoms with Crippen molar-refractivity contribution in [3.63, 3.8) is 0 Å². The molecule has 8 aliphatic heterocycles. The van der Waals surface area contributed by atoms with Gasteiger partial charge in [-0.3, -0.25) is 48.0 Å². The minimum Gasteiger partial charge on any atom is -0.449 e. The summed E-state index contributed by atoms with van der Waals surface area (Å²) in [6.07, 6.45) is 14.0. The van der Waals surface area contributed by atoms with Crippen LogP contribution in [0.15, 0.2) is 48.6 Å². The summed E-state index contributed by atoms with van der Waals surface area (Å²) in [7, 11) is -7.85. The molecule has 2 aliphatic carbocycles. The van der Waals surface area contributed by atoms with E-state index in [9.17, 15) is 64.8 Å². The highest BCUT2D eigenvalue weighted by atomic mass is 32.2. The molecule has 0 radical (unpaired) electrons.